The van der Waals surface area contributed by atoms with Crippen molar-refractivity contribution < 1.29 is 9.59 Å². The highest BCUT2D eigenvalue weighted by atomic mass is 16.2. The Balaban J connectivity index is 2.20. The van der Waals surface area contributed by atoms with Crippen molar-refractivity contribution in [3.63, 3.8) is 0 Å². The van der Waals surface area contributed by atoms with Crippen LogP contribution in [0, 0.1) is 0 Å². The van der Waals surface area contributed by atoms with Gasteiger partial charge in [-0.05, 0) is 19.3 Å². The zero-order chi connectivity index (χ0) is 12.3. The highest BCUT2D eigenvalue weighted by Crippen LogP contribution is 2.35. The average Bonchev–Trinajstić information content (AvgIpc) is 2.36. The van der Waals surface area contributed by atoms with E-state index in [-0.39, 0.29) is 18.4 Å². The molecule has 4 heteroatoms. The molecule has 1 aliphatic heterocycles. The van der Waals surface area contributed by atoms with Gasteiger partial charge >= 0.3 is 0 Å². The van der Waals surface area contributed by atoms with Crippen molar-refractivity contribution in [3.8, 4) is 0 Å². The van der Waals surface area contributed by atoms with Gasteiger partial charge in [0.05, 0.1) is 6.54 Å². The van der Waals surface area contributed by atoms with E-state index in [1.54, 1.807) is 0 Å². The maximum Gasteiger partial charge on any atom is 0.246 e. The van der Waals surface area contributed by atoms with Crippen molar-refractivity contribution >= 4 is 11.8 Å². The fourth-order valence-electron chi connectivity index (χ4n) is 3.07. The molecule has 0 atom stereocenters. The fraction of sp³-hybridized carbons (Fsp3) is 0.846. The summed E-state index contributed by atoms with van der Waals surface area (Å²) in [4.78, 5) is 26.1. The van der Waals surface area contributed by atoms with Crippen LogP contribution < -0.4 is 5.32 Å². The molecule has 0 radical (unpaired) electrons. The van der Waals surface area contributed by atoms with Gasteiger partial charge < -0.3 is 10.2 Å². The van der Waals surface area contributed by atoms with Gasteiger partial charge in [-0.2, -0.15) is 0 Å². The Morgan fingerprint density at radius 2 is 1.94 bits per heavy atom. The van der Waals surface area contributed by atoms with E-state index < -0.39 is 5.54 Å². The zero-order valence-corrected chi connectivity index (χ0v) is 10.6. The lowest BCUT2D eigenvalue weighted by Crippen LogP contribution is -2.67. The summed E-state index contributed by atoms with van der Waals surface area (Å²) >= 11 is 0. The number of hydrogen-bond acceptors (Lipinski definition) is 2. The van der Waals surface area contributed by atoms with Crippen LogP contribution >= 0.6 is 0 Å². The van der Waals surface area contributed by atoms with Crippen LogP contribution in [0.25, 0.3) is 0 Å². The second-order valence-corrected chi connectivity index (χ2v) is 5.17. The Morgan fingerprint density at radius 1 is 1.24 bits per heavy atom. The quantitative estimate of drug-likeness (QED) is 0.809. The van der Waals surface area contributed by atoms with Gasteiger partial charge in [0.1, 0.15) is 5.54 Å². The fourth-order valence-corrected chi connectivity index (χ4v) is 3.07. The summed E-state index contributed by atoms with van der Waals surface area (Å²) in [6.45, 7) is 3.04. The molecular weight excluding hydrogens is 216 g/mol. The first-order chi connectivity index (χ1) is 8.20. The highest BCUT2D eigenvalue weighted by Gasteiger charge is 2.49. The Labute approximate surface area is 103 Å². The lowest BCUT2D eigenvalue weighted by atomic mass is 9.78. The second-order valence-electron chi connectivity index (χ2n) is 5.17. The summed E-state index contributed by atoms with van der Waals surface area (Å²) in [5, 5.41) is 2.77. The molecule has 2 fully saturated rings. The van der Waals surface area contributed by atoms with Crippen LogP contribution in [-0.4, -0.2) is 35.3 Å². The van der Waals surface area contributed by atoms with Crippen LogP contribution in [0.5, 0.6) is 0 Å². The van der Waals surface area contributed by atoms with Gasteiger partial charge in [0.15, 0.2) is 0 Å². The van der Waals surface area contributed by atoms with Crippen molar-refractivity contribution in [1.82, 2.24) is 10.2 Å². The molecule has 0 aromatic rings. The smallest absolute Gasteiger partial charge is 0.246 e. The van der Waals surface area contributed by atoms with Gasteiger partial charge in [-0.3, -0.25) is 9.59 Å². The molecule has 0 aromatic carbocycles. The standard InChI is InChI=1S/C13H22N2O2/c1-2-3-9-15-11(16)10-14-12(17)13(15)7-5-4-6-8-13/h2-10H2,1H3,(H,14,17). The minimum Gasteiger partial charge on any atom is -0.345 e. The van der Waals surface area contributed by atoms with Crippen molar-refractivity contribution in [1.29, 1.82) is 0 Å². The van der Waals surface area contributed by atoms with Gasteiger partial charge in [0, 0.05) is 6.54 Å². The summed E-state index contributed by atoms with van der Waals surface area (Å²) in [6.07, 6.45) is 7.03. The van der Waals surface area contributed by atoms with Crippen LogP contribution in [0.3, 0.4) is 0 Å². The summed E-state index contributed by atoms with van der Waals surface area (Å²) in [5.74, 6) is 0.174. The number of unbranched alkanes of at least 4 members (excludes halogenated alkanes) is 1. The van der Waals surface area contributed by atoms with Gasteiger partial charge in [-0.25, -0.2) is 0 Å². The van der Waals surface area contributed by atoms with Gasteiger partial charge in [-0.1, -0.05) is 32.6 Å². The number of carbonyl (C=O) groups excluding carboxylic acids is 2. The number of piperazine rings is 1. The molecule has 4 nitrogen and oxygen atoms in total. The molecule has 1 saturated carbocycles. The third-order valence-electron chi connectivity index (χ3n) is 4.06. The summed E-state index contributed by atoms with van der Waals surface area (Å²) in [5.41, 5.74) is -0.511. The van der Waals surface area contributed by atoms with Gasteiger partial charge in [0.25, 0.3) is 0 Å². The van der Waals surface area contributed by atoms with Crippen molar-refractivity contribution in [2.75, 3.05) is 13.1 Å². The van der Waals surface area contributed by atoms with Crippen LogP contribution in [0.1, 0.15) is 51.9 Å². The topological polar surface area (TPSA) is 49.4 Å². The first kappa shape index (κ1) is 12.4. The molecule has 17 heavy (non-hydrogen) atoms. The molecule has 2 aliphatic rings. The predicted octanol–water partition coefficient (Wildman–Crippen LogP) is 1.45. The summed E-state index contributed by atoms with van der Waals surface area (Å²) in [6, 6.07) is 0. The Kier molecular flexibility index (Phi) is 3.69. The van der Waals surface area contributed by atoms with E-state index in [2.05, 4.69) is 12.2 Å². The molecule has 0 unspecified atom stereocenters. The van der Waals surface area contributed by atoms with Gasteiger partial charge in [-0.15, -0.1) is 0 Å². The number of nitrogens with one attached hydrogen (secondary N) is 1. The van der Waals surface area contributed by atoms with Crippen molar-refractivity contribution in [3.05, 3.63) is 0 Å². The number of nitrogens with zero attached hydrogens (tertiary/aromatic N) is 1. The van der Waals surface area contributed by atoms with Crippen LogP contribution in [-0.2, 0) is 9.59 Å². The van der Waals surface area contributed by atoms with E-state index in [9.17, 15) is 9.59 Å². The summed E-state index contributed by atoms with van der Waals surface area (Å²) in [7, 11) is 0. The molecule has 1 spiro atoms. The third-order valence-corrected chi connectivity index (χ3v) is 4.06. The molecule has 2 amide bonds. The number of amides is 2. The van der Waals surface area contributed by atoms with E-state index in [4.69, 9.17) is 0 Å². The molecule has 96 valence electrons. The van der Waals surface area contributed by atoms with Gasteiger partial charge in [0.2, 0.25) is 11.8 Å². The molecule has 1 N–H and O–H groups in total. The normalized spacial score (nSPS) is 23.9. The molecule has 2 rings (SSSR count). The van der Waals surface area contributed by atoms with Crippen LogP contribution in [0.2, 0.25) is 0 Å². The molecule has 0 aromatic heterocycles. The SMILES string of the molecule is CCCCN1C(=O)CNC(=O)C12CCCCC2. The van der Waals surface area contributed by atoms with Crippen molar-refractivity contribution in [2.24, 2.45) is 0 Å². The Hall–Kier alpha value is -1.06. The van der Waals surface area contributed by atoms with E-state index in [0.29, 0.717) is 0 Å². The monoisotopic (exact) mass is 238 g/mol. The molecule has 1 aliphatic carbocycles. The van der Waals surface area contributed by atoms with Crippen molar-refractivity contribution in [2.45, 2.75) is 57.4 Å². The number of rotatable bonds is 3. The minimum atomic E-state index is -0.511. The molecule has 1 heterocycles. The predicted molar refractivity (Wildman–Crippen MR) is 65.4 cm³/mol. The van der Waals surface area contributed by atoms with E-state index in [0.717, 1.165) is 45.1 Å². The summed E-state index contributed by atoms with van der Waals surface area (Å²) < 4.78 is 0. The first-order valence-electron chi connectivity index (χ1n) is 6.79. The van der Waals surface area contributed by atoms with E-state index in [1.165, 1.54) is 6.42 Å². The number of hydrogen-bond donors (Lipinski definition) is 1. The zero-order valence-electron chi connectivity index (χ0n) is 10.6. The average molecular weight is 238 g/mol. The molecule has 0 bridgehead atoms. The van der Waals surface area contributed by atoms with Crippen LogP contribution in [0.15, 0.2) is 0 Å². The first-order valence-corrected chi connectivity index (χ1v) is 6.79. The third kappa shape index (κ3) is 2.17. The highest BCUT2D eigenvalue weighted by molar-refractivity contribution is 5.98. The largest absolute Gasteiger partial charge is 0.345 e. The molecular formula is C13H22N2O2. The van der Waals surface area contributed by atoms with E-state index >= 15 is 0 Å². The minimum absolute atomic E-state index is 0.0768. The second kappa shape index (κ2) is 5.07. The lowest BCUT2D eigenvalue weighted by molar-refractivity contribution is -0.156. The van der Waals surface area contributed by atoms with Crippen LogP contribution in [0.4, 0.5) is 0 Å². The maximum atomic E-state index is 12.2. The van der Waals surface area contributed by atoms with E-state index in [1.807, 2.05) is 4.90 Å². The Morgan fingerprint density at radius 3 is 2.59 bits per heavy atom. The Bertz CT molecular complexity index is 309. The lowest BCUT2D eigenvalue weighted by Gasteiger charge is -2.48. The maximum absolute atomic E-state index is 12.2. The molecule has 1 saturated heterocycles. The number of carbonyl (C=O) groups is 2.